The molecule has 3 nitrogen and oxygen atoms in total. The van der Waals surface area contributed by atoms with E-state index in [1.54, 1.807) is 0 Å². The average molecular weight is 165 g/mol. The van der Waals surface area contributed by atoms with Crippen LogP contribution in [0.3, 0.4) is 0 Å². The van der Waals surface area contributed by atoms with Crippen molar-refractivity contribution in [2.45, 2.75) is 25.7 Å². The van der Waals surface area contributed by atoms with E-state index in [1.165, 1.54) is 19.1 Å². The summed E-state index contributed by atoms with van der Waals surface area (Å²) in [6.45, 7) is 0. The number of rotatable bonds is 1. The Hall–Kier alpha value is -1.04. The Bertz CT molecular complexity index is 243. The van der Waals surface area contributed by atoms with Crippen LogP contribution in [0.5, 0.6) is 0 Å². The molecular weight excluding hydrogens is 154 g/mol. The Kier molecular flexibility index (Phi) is 1.76. The molecule has 0 saturated heterocycles. The molecule has 0 aliphatic heterocycles. The van der Waals surface area contributed by atoms with Crippen LogP contribution in [0.25, 0.3) is 0 Å². The van der Waals surface area contributed by atoms with Crippen LogP contribution in [-0.2, 0) is 9.53 Å². The van der Waals surface area contributed by atoms with Gasteiger partial charge in [0.2, 0.25) is 0 Å². The summed E-state index contributed by atoms with van der Waals surface area (Å²) in [5, 5.41) is 8.17. The standard InChI is InChI=1S/C9H11NO2/c10-5-12-9(11)8-4-6-1-2-7(8)3-6/h6-8H,1-4H2. The number of fused-ring (bicyclic) bond motifs is 2. The second-order valence-corrected chi connectivity index (χ2v) is 3.79. The number of esters is 1. The van der Waals surface area contributed by atoms with Crippen molar-refractivity contribution in [3.05, 3.63) is 0 Å². The fraction of sp³-hybridized carbons (Fsp3) is 0.778. The summed E-state index contributed by atoms with van der Waals surface area (Å²) in [6, 6.07) is 0. The van der Waals surface area contributed by atoms with Crippen molar-refractivity contribution in [2.24, 2.45) is 17.8 Å². The third kappa shape index (κ3) is 1.08. The lowest BCUT2D eigenvalue weighted by Gasteiger charge is -2.17. The third-order valence-electron chi connectivity index (χ3n) is 3.19. The molecule has 0 N–H and O–H groups in total. The monoisotopic (exact) mass is 165 g/mol. The van der Waals surface area contributed by atoms with Crippen LogP contribution < -0.4 is 0 Å². The molecule has 0 aromatic heterocycles. The highest BCUT2D eigenvalue weighted by Gasteiger charge is 2.44. The normalized spacial score (nSPS) is 37.8. The Labute approximate surface area is 71.3 Å². The van der Waals surface area contributed by atoms with E-state index in [2.05, 4.69) is 4.74 Å². The molecule has 64 valence electrons. The molecule has 0 aromatic rings. The van der Waals surface area contributed by atoms with Crippen molar-refractivity contribution >= 4 is 5.97 Å². The van der Waals surface area contributed by atoms with Crippen LogP contribution in [0.15, 0.2) is 0 Å². The topological polar surface area (TPSA) is 50.1 Å². The molecule has 0 spiro atoms. The maximum atomic E-state index is 11.2. The van der Waals surface area contributed by atoms with Crippen molar-refractivity contribution in [3.8, 4) is 6.26 Å². The largest absolute Gasteiger partial charge is 0.351 e. The van der Waals surface area contributed by atoms with Crippen molar-refractivity contribution < 1.29 is 9.53 Å². The number of carbonyl (C=O) groups excluding carboxylic acids is 1. The van der Waals surface area contributed by atoms with Crippen LogP contribution in [0.4, 0.5) is 0 Å². The SMILES string of the molecule is N#COC(=O)C1CC2CCC1C2. The van der Waals surface area contributed by atoms with E-state index < -0.39 is 0 Å². The van der Waals surface area contributed by atoms with E-state index in [-0.39, 0.29) is 11.9 Å². The van der Waals surface area contributed by atoms with Crippen LogP contribution in [-0.4, -0.2) is 5.97 Å². The van der Waals surface area contributed by atoms with Crippen LogP contribution >= 0.6 is 0 Å². The van der Waals surface area contributed by atoms with Crippen LogP contribution in [0.2, 0.25) is 0 Å². The van der Waals surface area contributed by atoms with Crippen molar-refractivity contribution in [3.63, 3.8) is 0 Å². The molecule has 3 atom stereocenters. The number of carbonyl (C=O) groups is 1. The van der Waals surface area contributed by atoms with Gasteiger partial charge in [-0.1, -0.05) is 6.42 Å². The van der Waals surface area contributed by atoms with Gasteiger partial charge in [-0.05, 0) is 31.1 Å². The highest BCUT2D eigenvalue weighted by atomic mass is 16.5. The van der Waals surface area contributed by atoms with Gasteiger partial charge in [-0.3, -0.25) is 4.79 Å². The average Bonchev–Trinajstić information content (AvgIpc) is 2.64. The molecule has 0 radical (unpaired) electrons. The first kappa shape index (κ1) is 7.60. The summed E-state index contributed by atoms with van der Waals surface area (Å²) in [6.07, 6.45) is 5.99. The first-order valence-corrected chi connectivity index (χ1v) is 4.41. The molecule has 2 aliphatic carbocycles. The highest BCUT2D eigenvalue weighted by Crippen LogP contribution is 2.48. The molecule has 3 heteroatoms. The number of nitrogens with zero attached hydrogens (tertiary/aromatic N) is 1. The van der Waals surface area contributed by atoms with Gasteiger partial charge in [0.05, 0.1) is 5.92 Å². The minimum absolute atomic E-state index is 0.0309. The second kappa shape index (κ2) is 2.78. The highest BCUT2D eigenvalue weighted by molar-refractivity contribution is 5.74. The Morgan fingerprint density at radius 2 is 2.25 bits per heavy atom. The molecule has 2 aliphatic rings. The molecule has 0 aromatic carbocycles. The van der Waals surface area contributed by atoms with E-state index in [9.17, 15) is 4.79 Å². The fourth-order valence-corrected chi connectivity index (χ4v) is 2.65. The van der Waals surface area contributed by atoms with Gasteiger partial charge in [0.25, 0.3) is 6.26 Å². The summed E-state index contributed by atoms with van der Waals surface area (Å²) in [7, 11) is 0. The van der Waals surface area contributed by atoms with Gasteiger partial charge in [0, 0.05) is 0 Å². The molecule has 2 rings (SSSR count). The van der Waals surface area contributed by atoms with Gasteiger partial charge in [-0.25, -0.2) is 0 Å². The van der Waals surface area contributed by atoms with Crippen molar-refractivity contribution in [2.75, 3.05) is 0 Å². The minimum atomic E-state index is -0.301. The Morgan fingerprint density at radius 1 is 1.42 bits per heavy atom. The Morgan fingerprint density at radius 3 is 2.75 bits per heavy atom. The predicted molar refractivity (Wildman–Crippen MR) is 40.6 cm³/mol. The van der Waals surface area contributed by atoms with Crippen molar-refractivity contribution in [1.29, 1.82) is 5.26 Å². The summed E-state index contributed by atoms with van der Waals surface area (Å²) in [5.41, 5.74) is 0. The maximum Gasteiger partial charge on any atom is 0.325 e. The minimum Gasteiger partial charge on any atom is -0.351 e. The number of nitriles is 1. The van der Waals surface area contributed by atoms with Gasteiger partial charge in [0.15, 0.2) is 0 Å². The quantitative estimate of drug-likeness (QED) is 0.436. The summed E-state index contributed by atoms with van der Waals surface area (Å²) >= 11 is 0. The summed E-state index contributed by atoms with van der Waals surface area (Å²) < 4.78 is 4.35. The van der Waals surface area contributed by atoms with E-state index in [4.69, 9.17) is 5.26 Å². The zero-order valence-electron chi connectivity index (χ0n) is 6.82. The van der Waals surface area contributed by atoms with Crippen LogP contribution in [0.1, 0.15) is 25.7 Å². The molecule has 0 amide bonds. The number of ether oxygens (including phenoxy) is 1. The van der Waals surface area contributed by atoms with E-state index >= 15 is 0 Å². The molecular formula is C9H11NO2. The lowest BCUT2D eigenvalue weighted by atomic mass is 9.89. The first-order valence-electron chi connectivity index (χ1n) is 4.41. The fourth-order valence-electron chi connectivity index (χ4n) is 2.65. The molecule has 2 bridgehead atoms. The molecule has 0 heterocycles. The maximum absolute atomic E-state index is 11.2. The molecule has 2 fully saturated rings. The van der Waals surface area contributed by atoms with Gasteiger partial charge in [-0.15, -0.1) is 5.26 Å². The number of hydrogen-bond acceptors (Lipinski definition) is 3. The lowest BCUT2D eigenvalue weighted by molar-refractivity contribution is -0.143. The Balaban J connectivity index is 1.99. The molecule has 12 heavy (non-hydrogen) atoms. The lowest BCUT2D eigenvalue weighted by Crippen LogP contribution is -2.21. The van der Waals surface area contributed by atoms with Gasteiger partial charge in [-0.2, -0.15) is 0 Å². The zero-order chi connectivity index (χ0) is 8.55. The summed E-state index contributed by atoms with van der Waals surface area (Å²) in [4.78, 5) is 11.2. The smallest absolute Gasteiger partial charge is 0.325 e. The third-order valence-corrected chi connectivity index (χ3v) is 3.19. The van der Waals surface area contributed by atoms with Gasteiger partial charge in [0.1, 0.15) is 0 Å². The number of hydrogen-bond donors (Lipinski definition) is 0. The molecule has 3 unspecified atom stereocenters. The van der Waals surface area contributed by atoms with E-state index in [0.29, 0.717) is 5.92 Å². The summed E-state index contributed by atoms with van der Waals surface area (Å²) in [5.74, 6) is 0.968. The zero-order valence-corrected chi connectivity index (χ0v) is 6.82. The van der Waals surface area contributed by atoms with Crippen LogP contribution in [0, 0.1) is 29.3 Å². The second-order valence-electron chi connectivity index (χ2n) is 3.79. The van der Waals surface area contributed by atoms with E-state index in [0.717, 1.165) is 18.8 Å². The predicted octanol–water partition coefficient (Wildman–Crippen LogP) is 1.45. The van der Waals surface area contributed by atoms with E-state index in [1.807, 2.05) is 0 Å². The molecule has 2 saturated carbocycles. The van der Waals surface area contributed by atoms with Gasteiger partial charge < -0.3 is 4.74 Å². The van der Waals surface area contributed by atoms with Crippen molar-refractivity contribution in [1.82, 2.24) is 0 Å². The first-order chi connectivity index (χ1) is 5.81. The van der Waals surface area contributed by atoms with Gasteiger partial charge >= 0.3 is 5.97 Å².